The van der Waals surface area contributed by atoms with E-state index in [4.69, 9.17) is 0 Å². The Balaban J connectivity index is 2.14. The molecule has 96 valence electrons. The molecule has 0 aromatic rings. The van der Waals surface area contributed by atoms with Gasteiger partial charge in [-0.2, -0.15) is 0 Å². The summed E-state index contributed by atoms with van der Waals surface area (Å²) in [6, 6.07) is 0.259. The summed E-state index contributed by atoms with van der Waals surface area (Å²) in [4.78, 5) is 2.21. The summed E-state index contributed by atoms with van der Waals surface area (Å²) in [6.45, 7) is 2.09. The fourth-order valence-corrected chi connectivity index (χ4v) is 3.95. The highest BCUT2D eigenvalue weighted by molar-refractivity contribution is 7.91. The van der Waals surface area contributed by atoms with E-state index in [-0.39, 0.29) is 6.04 Å². The van der Waals surface area contributed by atoms with Crippen LogP contribution in [-0.4, -0.2) is 58.1 Å². The number of rotatable bonds is 7. The molecule has 1 fully saturated rings. The van der Waals surface area contributed by atoms with Crippen molar-refractivity contribution in [3.63, 3.8) is 0 Å². The normalized spacial score (nSPS) is 24.1. The van der Waals surface area contributed by atoms with Crippen molar-refractivity contribution in [1.82, 2.24) is 10.2 Å². The summed E-state index contributed by atoms with van der Waals surface area (Å²) in [5, 5.41) is 3.13. The van der Waals surface area contributed by atoms with Gasteiger partial charge in [-0.05, 0) is 46.4 Å². The van der Waals surface area contributed by atoms with Gasteiger partial charge >= 0.3 is 0 Å². The average molecular weight is 248 g/mol. The van der Waals surface area contributed by atoms with E-state index in [1.807, 2.05) is 14.1 Å². The van der Waals surface area contributed by atoms with E-state index in [0.717, 1.165) is 25.9 Å². The zero-order valence-electron chi connectivity index (χ0n) is 10.4. The molecule has 0 bridgehead atoms. The van der Waals surface area contributed by atoms with Gasteiger partial charge in [-0.1, -0.05) is 6.42 Å². The number of hydrogen-bond acceptors (Lipinski definition) is 4. The summed E-state index contributed by atoms with van der Waals surface area (Å²) < 4.78 is 22.7. The van der Waals surface area contributed by atoms with E-state index in [1.54, 1.807) is 0 Å². The van der Waals surface area contributed by atoms with Crippen molar-refractivity contribution in [3.05, 3.63) is 0 Å². The van der Waals surface area contributed by atoms with Crippen LogP contribution in [0.4, 0.5) is 0 Å². The lowest BCUT2D eigenvalue weighted by Gasteiger charge is -2.22. The maximum absolute atomic E-state index is 11.3. The summed E-state index contributed by atoms with van der Waals surface area (Å²) in [5.41, 5.74) is 0. The highest BCUT2D eigenvalue weighted by Gasteiger charge is 2.30. The standard InChI is InChI=1S/C11H24N2O2S/c1-12-7-4-3-5-8-13(2)11-6-9-16(14,15)10-11/h11-12H,3-10H2,1-2H3. The molecule has 16 heavy (non-hydrogen) atoms. The molecular formula is C11H24N2O2S. The Kier molecular flexibility index (Phi) is 5.72. The van der Waals surface area contributed by atoms with E-state index in [0.29, 0.717) is 11.5 Å². The maximum atomic E-state index is 11.3. The summed E-state index contributed by atoms with van der Waals surface area (Å²) in [7, 11) is 1.28. The maximum Gasteiger partial charge on any atom is 0.151 e. The van der Waals surface area contributed by atoms with Crippen molar-refractivity contribution >= 4 is 9.84 Å². The highest BCUT2D eigenvalue weighted by atomic mass is 32.2. The molecule has 4 nitrogen and oxygen atoms in total. The van der Waals surface area contributed by atoms with Crippen LogP contribution < -0.4 is 5.32 Å². The van der Waals surface area contributed by atoms with Gasteiger partial charge in [-0.15, -0.1) is 0 Å². The van der Waals surface area contributed by atoms with E-state index in [1.165, 1.54) is 12.8 Å². The first kappa shape index (κ1) is 13.9. The molecule has 0 radical (unpaired) electrons. The van der Waals surface area contributed by atoms with Crippen LogP contribution in [0.2, 0.25) is 0 Å². The molecule has 1 rings (SSSR count). The van der Waals surface area contributed by atoms with Crippen LogP contribution >= 0.6 is 0 Å². The van der Waals surface area contributed by atoms with Crippen LogP contribution in [0.1, 0.15) is 25.7 Å². The van der Waals surface area contributed by atoms with Gasteiger partial charge in [0, 0.05) is 6.04 Å². The van der Waals surface area contributed by atoms with Crippen LogP contribution in [0, 0.1) is 0 Å². The monoisotopic (exact) mass is 248 g/mol. The second-order valence-electron chi connectivity index (χ2n) is 4.70. The van der Waals surface area contributed by atoms with Crippen molar-refractivity contribution in [1.29, 1.82) is 0 Å². The fraction of sp³-hybridized carbons (Fsp3) is 1.00. The van der Waals surface area contributed by atoms with Crippen LogP contribution in [-0.2, 0) is 9.84 Å². The lowest BCUT2D eigenvalue weighted by molar-refractivity contribution is 0.256. The zero-order valence-corrected chi connectivity index (χ0v) is 11.2. The molecule has 1 heterocycles. The fourth-order valence-electron chi connectivity index (χ4n) is 2.15. The lowest BCUT2D eigenvalue weighted by Crippen LogP contribution is -2.33. The quantitative estimate of drug-likeness (QED) is 0.666. The average Bonchev–Trinajstić information content (AvgIpc) is 2.58. The van der Waals surface area contributed by atoms with Gasteiger partial charge in [0.1, 0.15) is 0 Å². The largest absolute Gasteiger partial charge is 0.320 e. The molecule has 1 aliphatic heterocycles. The summed E-state index contributed by atoms with van der Waals surface area (Å²) in [5.74, 6) is 0.738. The van der Waals surface area contributed by atoms with Crippen molar-refractivity contribution in [2.24, 2.45) is 0 Å². The number of nitrogens with one attached hydrogen (secondary N) is 1. The van der Waals surface area contributed by atoms with Crippen molar-refractivity contribution in [3.8, 4) is 0 Å². The van der Waals surface area contributed by atoms with Gasteiger partial charge in [0.2, 0.25) is 0 Å². The minimum Gasteiger partial charge on any atom is -0.320 e. The smallest absolute Gasteiger partial charge is 0.151 e. The Morgan fingerprint density at radius 1 is 1.31 bits per heavy atom. The third-order valence-electron chi connectivity index (χ3n) is 3.27. The van der Waals surface area contributed by atoms with Crippen molar-refractivity contribution < 1.29 is 8.42 Å². The van der Waals surface area contributed by atoms with Crippen molar-refractivity contribution in [2.45, 2.75) is 31.7 Å². The zero-order chi connectivity index (χ0) is 12.0. The van der Waals surface area contributed by atoms with Crippen LogP contribution in [0.3, 0.4) is 0 Å². The molecule has 0 aliphatic carbocycles. The topological polar surface area (TPSA) is 49.4 Å². The third-order valence-corrected chi connectivity index (χ3v) is 5.02. The third kappa shape index (κ3) is 4.80. The molecule has 0 aromatic heterocycles. The van der Waals surface area contributed by atoms with E-state index >= 15 is 0 Å². The van der Waals surface area contributed by atoms with E-state index in [9.17, 15) is 8.42 Å². The minimum atomic E-state index is -2.73. The Morgan fingerprint density at radius 3 is 2.62 bits per heavy atom. The van der Waals surface area contributed by atoms with Gasteiger partial charge in [0.15, 0.2) is 9.84 Å². The predicted molar refractivity (Wildman–Crippen MR) is 67.5 cm³/mol. The minimum absolute atomic E-state index is 0.259. The first-order valence-electron chi connectivity index (χ1n) is 6.10. The molecule has 1 atom stereocenters. The van der Waals surface area contributed by atoms with Gasteiger partial charge in [0.25, 0.3) is 0 Å². The van der Waals surface area contributed by atoms with Gasteiger partial charge in [0.05, 0.1) is 11.5 Å². The Bertz CT molecular complexity index is 290. The Morgan fingerprint density at radius 2 is 2.06 bits per heavy atom. The number of sulfone groups is 1. The Hall–Kier alpha value is -0.130. The van der Waals surface area contributed by atoms with Crippen LogP contribution in [0.25, 0.3) is 0 Å². The molecule has 1 aliphatic rings. The molecule has 1 saturated heterocycles. The Labute approximate surface area is 99.3 Å². The molecular weight excluding hydrogens is 224 g/mol. The van der Waals surface area contributed by atoms with Crippen molar-refractivity contribution in [2.75, 3.05) is 38.7 Å². The number of hydrogen-bond donors (Lipinski definition) is 1. The van der Waals surface area contributed by atoms with Gasteiger partial charge in [-0.3, -0.25) is 0 Å². The predicted octanol–water partition coefficient (Wildman–Crippen LogP) is 0.495. The van der Waals surface area contributed by atoms with E-state index in [2.05, 4.69) is 10.2 Å². The first-order chi connectivity index (χ1) is 7.55. The lowest BCUT2D eigenvalue weighted by atomic mass is 10.2. The molecule has 5 heteroatoms. The summed E-state index contributed by atoms with van der Waals surface area (Å²) in [6.07, 6.45) is 4.39. The molecule has 1 unspecified atom stereocenters. The van der Waals surface area contributed by atoms with Gasteiger partial charge in [-0.25, -0.2) is 8.42 Å². The number of unbranched alkanes of at least 4 members (excludes halogenated alkanes) is 2. The molecule has 0 saturated carbocycles. The van der Waals surface area contributed by atoms with E-state index < -0.39 is 9.84 Å². The summed E-state index contributed by atoms with van der Waals surface area (Å²) >= 11 is 0. The van der Waals surface area contributed by atoms with Crippen LogP contribution in [0.15, 0.2) is 0 Å². The molecule has 0 amide bonds. The van der Waals surface area contributed by atoms with Gasteiger partial charge < -0.3 is 10.2 Å². The number of nitrogens with zero attached hydrogens (tertiary/aromatic N) is 1. The highest BCUT2D eigenvalue weighted by Crippen LogP contribution is 2.16. The second kappa shape index (κ2) is 6.57. The SMILES string of the molecule is CNCCCCCN(C)C1CCS(=O)(=O)C1. The second-order valence-corrected chi connectivity index (χ2v) is 6.93. The molecule has 0 aromatic carbocycles. The first-order valence-corrected chi connectivity index (χ1v) is 7.92. The van der Waals surface area contributed by atoms with Crippen LogP contribution in [0.5, 0.6) is 0 Å². The molecule has 0 spiro atoms. The molecule has 1 N–H and O–H groups in total.